The molecule has 0 aliphatic rings. The summed E-state index contributed by atoms with van der Waals surface area (Å²) in [5.41, 5.74) is 4.53. The topological polar surface area (TPSA) is 106 Å². The van der Waals surface area contributed by atoms with Crippen LogP contribution in [0.5, 0.6) is 11.5 Å². The third-order valence-corrected chi connectivity index (χ3v) is 2.77. The van der Waals surface area contributed by atoms with Crippen LogP contribution in [0.15, 0.2) is 12.1 Å². The van der Waals surface area contributed by atoms with E-state index in [0.717, 1.165) is 6.07 Å². The number of rotatable bonds is 5. The highest BCUT2D eigenvalue weighted by Gasteiger charge is 2.49. The number of methoxy groups -OCH3 is 1. The second-order valence-electron chi connectivity index (χ2n) is 4.01. The average Bonchev–Trinajstić information content (AvgIpc) is 2.46. The van der Waals surface area contributed by atoms with Gasteiger partial charge >= 0.3 is 11.9 Å². The molecular formula is C13H15ClF2N2O4. The predicted molar refractivity (Wildman–Crippen MR) is 75.1 cm³/mol. The van der Waals surface area contributed by atoms with Crippen LogP contribution >= 0.6 is 12.4 Å². The van der Waals surface area contributed by atoms with Crippen molar-refractivity contribution < 1.29 is 28.2 Å². The molecule has 0 aromatic heterocycles. The molecule has 0 aliphatic carbocycles. The lowest BCUT2D eigenvalue weighted by Gasteiger charge is -2.23. The summed E-state index contributed by atoms with van der Waals surface area (Å²) in [4.78, 5) is 11.3. The first kappa shape index (κ1) is 19.9. The highest BCUT2D eigenvalue weighted by Crippen LogP contribution is 2.41. The quantitative estimate of drug-likeness (QED) is 0.795. The second-order valence-corrected chi connectivity index (χ2v) is 4.01. The monoisotopic (exact) mass is 336 g/mol. The smallest absolute Gasteiger partial charge is 0.379 e. The molecule has 0 bridgehead atoms. The Morgan fingerprint density at radius 3 is 2.59 bits per heavy atom. The van der Waals surface area contributed by atoms with Crippen molar-refractivity contribution in [1.82, 2.24) is 0 Å². The average molecular weight is 337 g/mol. The summed E-state index contributed by atoms with van der Waals surface area (Å²) >= 11 is 0. The number of nitrogens with two attached hydrogens (primary N) is 1. The number of carbonyl (C=O) groups excluding carboxylic acids is 1. The molecule has 0 unspecified atom stereocenters. The van der Waals surface area contributed by atoms with Crippen molar-refractivity contribution in [2.24, 2.45) is 5.73 Å². The zero-order valence-electron chi connectivity index (χ0n) is 11.8. The van der Waals surface area contributed by atoms with E-state index in [0.29, 0.717) is 0 Å². The van der Waals surface area contributed by atoms with Crippen LogP contribution in [-0.2, 0) is 9.53 Å². The number of ether oxygens (including phenoxy) is 2. The van der Waals surface area contributed by atoms with Crippen molar-refractivity contribution >= 4 is 18.4 Å². The molecule has 1 aromatic carbocycles. The third-order valence-electron chi connectivity index (χ3n) is 2.77. The minimum Gasteiger partial charge on any atom is -0.504 e. The number of aromatic hydroxyl groups is 1. The molecule has 1 aromatic rings. The van der Waals surface area contributed by atoms with E-state index in [-0.39, 0.29) is 30.3 Å². The Morgan fingerprint density at radius 2 is 2.14 bits per heavy atom. The summed E-state index contributed by atoms with van der Waals surface area (Å²) in [6.45, 7) is 1.11. The minimum absolute atomic E-state index is 0. The molecule has 0 heterocycles. The van der Waals surface area contributed by atoms with Gasteiger partial charge in [0, 0.05) is 5.56 Å². The fourth-order valence-electron chi connectivity index (χ4n) is 1.70. The van der Waals surface area contributed by atoms with Crippen molar-refractivity contribution in [1.29, 1.82) is 5.26 Å². The lowest BCUT2D eigenvalue weighted by Crippen LogP contribution is -2.42. The van der Waals surface area contributed by atoms with Crippen molar-refractivity contribution in [2.75, 3.05) is 13.7 Å². The number of carbonyl (C=O) groups is 1. The molecule has 0 saturated heterocycles. The number of benzene rings is 1. The van der Waals surface area contributed by atoms with E-state index in [2.05, 4.69) is 4.74 Å². The van der Waals surface area contributed by atoms with E-state index in [1.807, 2.05) is 0 Å². The van der Waals surface area contributed by atoms with Gasteiger partial charge in [0.25, 0.3) is 0 Å². The van der Waals surface area contributed by atoms with E-state index >= 15 is 0 Å². The minimum atomic E-state index is -4.11. The fraction of sp³-hybridized carbons (Fsp3) is 0.385. The molecule has 3 N–H and O–H groups in total. The number of phenols is 1. The molecule has 0 fully saturated rings. The molecule has 0 radical (unpaired) electrons. The van der Waals surface area contributed by atoms with Crippen LogP contribution in [0.1, 0.15) is 24.1 Å². The Morgan fingerprint density at radius 1 is 1.55 bits per heavy atom. The molecule has 0 saturated carbocycles. The van der Waals surface area contributed by atoms with Crippen molar-refractivity contribution in [3.63, 3.8) is 0 Å². The summed E-state index contributed by atoms with van der Waals surface area (Å²) in [6.07, 6.45) is 0. The van der Waals surface area contributed by atoms with Crippen LogP contribution in [-0.4, -0.2) is 30.7 Å². The van der Waals surface area contributed by atoms with Crippen LogP contribution in [0.4, 0.5) is 8.78 Å². The summed E-state index contributed by atoms with van der Waals surface area (Å²) in [6, 6.07) is 1.77. The standard InChI is InChI=1S/C13H14F2N2O4.ClH/c1-3-21-12(19)13(14,15)11(17)9-7(6-16)4-5-8(20-2)10(9)18;/h4-5,11,18H,3,17H2,1-2H3;1H/t11-;/m0./s1. The number of hydrogen-bond acceptors (Lipinski definition) is 6. The van der Waals surface area contributed by atoms with Crippen LogP contribution in [0, 0.1) is 11.3 Å². The Bertz CT molecular complexity index is 590. The van der Waals surface area contributed by atoms with E-state index in [1.165, 1.54) is 20.1 Å². The predicted octanol–water partition coefficient (Wildman–Crippen LogP) is 1.89. The first-order valence-corrected chi connectivity index (χ1v) is 5.91. The van der Waals surface area contributed by atoms with Crippen LogP contribution in [0.25, 0.3) is 0 Å². The zero-order chi connectivity index (χ0) is 16.2. The van der Waals surface area contributed by atoms with Gasteiger partial charge in [-0.3, -0.25) is 0 Å². The van der Waals surface area contributed by atoms with Crippen LogP contribution < -0.4 is 10.5 Å². The molecule has 122 valence electrons. The molecule has 0 aliphatic heterocycles. The number of alkyl halides is 2. The van der Waals surface area contributed by atoms with Gasteiger partial charge in [-0.2, -0.15) is 14.0 Å². The number of halogens is 3. The van der Waals surface area contributed by atoms with E-state index in [9.17, 15) is 18.7 Å². The van der Waals surface area contributed by atoms with Gasteiger partial charge in [-0.05, 0) is 19.1 Å². The molecule has 1 rings (SSSR count). The molecule has 0 amide bonds. The maximum Gasteiger partial charge on any atom is 0.379 e. The number of esters is 1. The van der Waals surface area contributed by atoms with Gasteiger partial charge in [-0.1, -0.05) is 0 Å². The molecule has 1 atom stereocenters. The molecule has 9 heteroatoms. The van der Waals surface area contributed by atoms with Gasteiger partial charge in [0.1, 0.15) is 6.04 Å². The highest BCUT2D eigenvalue weighted by molar-refractivity contribution is 5.85. The van der Waals surface area contributed by atoms with Gasteiger partial charge < -0.3 is 20.3 Å². The van der Waals surface area contributed by atoms with Crippen LogP contribution in [0.2, 0.25) is 0 Å². The largest absolute Gasteiger partial charge is 0.504 e. The highest BCUT2D eigenvalue weighted by atomic mass is 35.5. The number of nitrogens with zero attached hydrogens (tertiary/aromatic N) is 1. The Labute approximate surface area is 131 Å². The lowest BCUT2D eigenvalue weighted by molar-refractivity contribution is -0.174. The summed E-state index contributed by atoms with van der Waals surface area (Å²) in [5.74, 6) is -6.79. The second kappa shape index (κ2) is 7.77. The Balaban J connectivity index is 0.00000441. The maximum absolute atomic E-state index is 14.0. The van der Waals surface area contributed by atoms with Gasteiger partial charge in [-0.15, -0.1) is 12.4 Å². The first-order valence-electron chi connectivity index (χ1n) is 5.91. The Hall–Kier alpha value is -2.11. The SMILES string of the molecule is CCOC(=O)C(F)(F)[C@@H](N)c1c(C#N)ccc(OC)c1O.Cl. The van der Waals surface area contributed by atoms with E-state index in [4.69, 9.17) is 15.7 Å². The van der Waals surface area contributed by atoms with E-state index < -0.39 is 29.2 Å². The molecular weight excluding hydrogens is 322 g/mol. The molecule has 22 heavy (non-hydrogen) atoms. The Kier molecular flexibility index (Phi) is 7.03. The van der Waals surface area contributed by atoms with Crippen molar-refractivity contribution in [3.8, 4) is 17.6 Å². The van der Waals surface area contributed by atoms with Crippen molar-refractivity contribution in [2.45, 2.75) is 18.9 Å². The molecule has 6 nitrogen and oxygen atoms in total. The normalized spacial score (nSPS) is 11.8. The van der Waals surface area contributed by atoms with E-state index in [1.54, 1.807) is 6.07 Å². The fourth-order valence-corrected chi connectivity index (χ4v) is 1.70. The number of nitriles is 1. The lowest BCUT2D eigenvalue weighted by atomic mass is 9.95. The molecule has 0 spiro atoms. The van der Waals surface area contributed by atoms with Crippen molar-refractivity contribution in [3.05, 3.63) is 23.3 Å². The zero-order valence-corrected chi connectivity index (χ0v) is 12.6. The maximum atomic E-state index is 14.0. The third kappa shape index (κ3) is 3.55. The summed E-state index contributed by atoms with van der Waals surface area (Å²) in [5, 5.41) is 18.8. The van der Waals surface area contributed by atoms with Crippen LogP contribution in [0.3, 0.4) is 0 Å². The number of phenolic OH excluding ortho intramolecular Hbond substituents is 1. The van der Waals surface area contributed by atoms with Gasteiger partial charge in [0.15, 0.2) is 11.5 Å². The summed E-state index contributed by atoms with van der Waals surface area (Å²) < 4.78 is 36.9. The first-order chi connectivity index (χ1) is 9.81. The number of hydrogen-bond donors (Lipinski definition) is 2. The summed E-state index contributed by atoms with van der Waals surface area (Å²) in [7, 11) is 1.21. The van der Waals surface area contributed by atoms with Gasteiger partial charge in [-0.25, -0.2) is 4.79 Å². The van der Waals surface area contributed by atoms with Gasteiger partial charge in [0.2, 0.25) is 0 Å². The van der Waals surface area contributed by atoms with Gasteiger partial charge in [0.05, 0.1) is 25.3 Å².